The molecule has 0 aliphatic carbocycles. The molecule has 130 valence electrons. The van der Waals surface area contributed by atoms with Crippen molar-refractivity contribution in [3.8, 4) is 5.75 Å². The molecule has 1 fully saturated rings. The van der Waals surface area contributed by atoms with Gasteiger partial charge >= 0.3 is 5.97 Å². The molecule has 1 heterocycles. The molecule has 0 bridgehead atoms. The maximum absolute atomic E-state index is 12.0. The molecule has 0 unspecified atom stereocenters. The van der Waals surface area contributed by atoms with Crippen molar-refractivity contribution < 1.29 is 24.2 Å². The summed E-state index contributed by atoms with van der Waals surface area (Å²) in [7, 11) is 0. The third-order valence-corrected chi connectivity index (χ3v) is 3.76. The van der Waals surface area contributed by atoms with Crippen LogP contribution in [0.3, 0.4) is 0 Å². The van der Waals surface area contributed by atoms with Crippen molar-refractivity contribution in [2.24, 2.45) is 0 Å². The van der Waals surface area contributed by atoms with Gasteiger partial charge in [-0.05, 0) is 30.5 Å². The number of carboxylic acid groups (broad SMARTS) is 1. The molecule has 0 aromatic heterocycles. The van der Waals surface area contributed by atoms with Crippen LogP contribution < -0.4 is 10.1 Å². The maximum atomic E-state index is 12.0. The molecule has 0 radical (unpaired) electrons. The van der Waals surface area contributed by atoms with Crippen LogP contribution >= 0.6 is 0 Å². The number of nitrogens with zero attached hydrogens (tertiary/aromatic N) is 1. The molecular formula is C17H22N2O5. The minimum atomic E-state index is -1.05. The van der Waals surface area contributed by atoms with Crippen molar-refractivity contribution in [1.82, 2.24) is 10.2 Å². The molecule has 0 saturated carbocycles. The van der Waals surface area contributed by atoms with Gasteiger partial charge in [0.1, 0.15) is 5.75 Å². The largest absolute Gasteiger partial charge is 0.482 e. The highest BCUT2D eigenvalue weighted by Crippen LogP contribution is 2.13. The number of benzene rings is 1. The Morgan fingerprint density at radius 1 is 1.25 bits per heavy atom. The van der Waals surface area contributed by atoms with Gasteiger partial charge in [-0.15, -0.1) is 0 Å². The number of aliphatic carboxylic acids is 1. The monoisotopic (exact) mass is 334 g/mol. The van der Waals surface area contributed by atoms with Crippen LogP contribution in [0.15, 0.2) is 24.3 Å². The van der Waals surface area contributed by atoms with Crippen LogP contribution in [0.5, 0.6) is 5.75 Å². The number of likely N-dealkylation sites (tertiary alicyclic amines) is 1. The number of nitrogens with one attached hydrogen (secondary N) is 1. The first-order chi connectivity index (χ1) is 11.5. The fourth-order valence-corrected chi connectivity index (χ4v) is 2.53. The lowest BCUT2D eigenvalue weighted by Crippen LogP contribution is -2.40. The number of amides is 2. The van der Waals surface area contributed by atoms with E-state index in [4.69, 9.17) is 9.84 Å². The first-order valence-corrected chi connectivity index (χ1v) is 8.02. The van der Waals surface area contributed by atoms with Gasteiger partial charge in [-0.25, -0.2) is 4.79 Å². The van der Waals surface area contributed by atoms with Gasteiger partial charge in [-0.1, -0.05) is 18.6 Å². The minimum Gasteiger partial charge on any atom is -0.482 e. The van der Waals surface area contributed by atoms with Crippen LogP contribution in [0.2, 0.25) is 0 Å². The second kappa shape index (κ2) is 8.90. The van der Waals surface area contributed by atoms with Crippen molar-refractivity contribution in [2.75, 3.05) is 19.7 Å². The highest BCUT2D eigenvalue weighted by atomic mass is 16.5. The van der Waals surface area contributed by atoms with Gasteiger partial charge in [-0.2, -0.15) is 0 Å². The average molecular weight is 334 g/mol. The van der Waals surface area contributed by atoms with Crippen molar-refractivity contribution in [2.45, 2.75) is 32.2 Å². The van der Waals surface area contributed by atoms with Crippen LogP contribution in [0.4, 0.5) is 0 Å². The van der Waals surface area contributed by atoms with E-state index in [1.165, 1.54) is 0 Å². The number of hydrogen-bond donors (Lipinski definition) is 2. The number of ether oxygens (including phenoxy) is 1. The first-order valence-electron chi connectivity index (χ1n) is 8.02. The van der Waals surface area contributed by atoms with Gasteiger partial charge in [-0.3, -0.25) is 9.59 Å². The van der Waals surface area contributed by atoms with E-state index < -0.39 is 12.6 Å². The number of carbonyl (C=O) groups excluding carboxylic acids is 2. The number of hydrogen-bond acceptors (Lipinski definition) is 4. The Morgan fingerprint density at radius 2 is 2.08 bits per heavy atom. The zero-order chi connectivity index (χ0) is 17.4. The van der Waals surface area contributed by atoms with E-state index in [1.54, 1.807) is 23.1 Å². The molecule has 24 heavy (non-hydrogen) atoms. The Hall–Kier alpha value is -2.57. The van der Waals surface area contributed by atoms with Crippen molar-refractivity contribution in [1.29, 1.82) is 0 Å². The Kier molecular flexibility index (Phi) is 6.60. The zero-order valence-corrected chi connectivity index (χ0v) is 13.5. The summed E-state index contributed by atoms with van der Waals surface area (Å²) in [6.07, 6.45) is 3.35. The van der Waals surface area contributed by atoms with Gasteiger partial charge in [0.15, 0.2) is 6.61 Å². The smallest absolute Gasteiger partial charge is 0.341 e. The molecule has 7 nitrogen and oxygen atoms in total. The molecule has 1 aromatic rings. The third-order valence-electron chi connectivity index (χ3n) is 3.76. The van der Waals surface area contributed by atoms with Gasteiger partial charge in [0.25, 0.3) is 0 Å². The predicted octanol–water partition coefficient (Wildman–Crippen LogP) is 1.17. The average Bonchev–Trinajstić information content (AvgIpc) is 2.76. The Labute approximate surface area is 140 Å². The van der Waals surface area contributed by atoms with Crippen LogP contribution in [0.25, 0.3) is 0 Å². The predicted molar refractivity (Wildman–Crippen MR) is 86.5 cm³/mol. The van der Waals surface area contributed by atoms with Gasteiger partial charge < -0.3 is 20.1 Å². The molecule has 2 N–H and O–H groups in total. The number of carboxylic acids is 1. The Balaban J connectivity index is 1.81. The molecule has 1 saturated heterocycles. The lowest BCUT2D eigenvalue weighted by molar-refractivity contribution is -0.139. The highest BCUT2D eigenvalue weighted by Gasteiger charge is 2.18. The topological polar surface area (TPSA) is 95.9 Å². The molecule has 0 atom stereocenters. The number of carbonyl (C=O) groups is 3. The normalized spacial score (nSPS) is 14.8. The van der Waals surface area contributed by atoms with E-state index in [9.17, 15) is 14.4 Å². The fourth-order valence-electron chi connectivity index (χ4n) is 2.53. The summed E-state index contributed by atoms with van der Waals surface area (Å²) in [5.74, 6) is -0.781. The molecule has 1 aliphatic heterocycles. The molecule has 7 heteroatoms. The van der Waals surface area contributed by atoms with E-state index in [0.29, 0.717) is 25.3 Å². The van der Waals surface area contributed by atoms with Gasteiger partial charge in [0.05, 0.1) is 6.54 Å². The summed E-state index contributed by atoms with van der Waals surface area (Å²) in [5, 5.41) is 11.4. The minimum absolute atomic E-state index is 0.0340. The zero-order valence-electron chi connectivity index (χ0n) is 13.5. The summed E-state index contributed by atoms with van der Waals surface area (Å²) < 4.78 is 5.10. The molecule has 2 amide bonds. The van der Waals surface area contributed by atoms with Crippen LogP contribution in [0.1, 0.15) is 31.2 Å². The van der Waals surface area contributed by atoms with Crippen LogP contribution in [-0.4, -0.2) is 47.5 Å². The van der Waals surface area contributed by atoms with Crippen molar-refractivity contribution in [3.63, 3.8) is 0 Å². The van der Waals surface area contributed by atoms with E-state index in [-0.39, 0.29) is 18.4 Å². The van der Waals surface area contributed by atoms with Gasteiger partial charge in [0, 0.05) is 19.5 Å². The second-order valence-corrected chi connectivity index (χ2v) is 5.73. The first kappa shape index (κ1) is 17.8. The molecule has 2 rings (SSSR count). The summed E-state index contributed by atoms with van der Waals surface area (Å²) >= 11 is 0. The van der Waals surface area contributed by atoms with E-state index >= 15 is 0 Å². The third kappa shape index (κ3) is 5.91. The molecular weight excluding hydrogens is 312 g/mol. The standard InChI is InChI=1S/C17H22N2O5/c20-15(11-19-8-3-1-2-7-16(19)21)18-10-13-5-4-6-14(9-13)24-12-17(22)23/h4-6,9H,1-3,7-8,10-12H2,(H,18,20)(H,22,23). The lowest BCUT2D eigenvalue weighted by Gasteiger charge is -2.19. The summed E-state index contributed by atoms with van der Waals surface area (Å²) in [4.78, 5) is 36.0. The Morgan fingerprint density at radius 3 is 2.88 bits per heavy atom. The summed E-state index contributed by atoms with van der Waals surface area (Å²) in [5.41, 5.74) is 0.799. The summed E-state index contributed by atoms with van der Waals surface area (Å²) in [6.45, 7) is 0.594. The van der Waals surface area contributed by atoms with E-state index in [2.05, 4.69) is 5.32 Å². The second-order valence-electron chi connectivity index (χ2n) is 5.73. The molecule has 0 spiro atoms. The van der Waals surface area contributed by atoms with Crippen LogP contribution in [-0.2, 0) is 20.9 Å². The highest BCUT2D eigenvalue weighted by molar-refractivity contribution is 5.84. The SMILES string of the molecule is O=C(O)COc1cccc(CNC(=O)CN2CCCCCC2=O)c1. The lowest BCUT2D eigenvalue weighted by atomic mass is 10.2. The van der Waals surface area contributed by atoms with Crippen molar-refractivity contribution in [3.05, 3.63) is 29.8 Å². The Bertz CT molecular complexity index is 602. The van der Waals surface area contributed by atoms with E-state index in [1.807, 2.05) is 6.07 Å². The molecule has 1 aliphatic rings. The maximum Gasteiger partial charge on any atom is 0.341 e. The van der Waals surface area contributed by atoms with Crippen molar-refractivity contribution >= 4 is 17.8 Å². The van der Waals surface area contributed by atoms with E-state index in [0.717, 1.165) is 24.8 Å². The van der Waals surface area contributed by atoms with Crippen LogP contribution in [0, 0.1) is 0 Å². The fraction of sp³-hybridized carbons (Fsp3) is 0.471. The number of rotatable bonds is 7. The molecule has 1 aromatic carbocycles. The summed E-state index contributed by atoms with van der Waals surface area (Å²) in [6, 6.07) is 6.88. The van der Waals surface area contributed by atoms with Gasteiger partial charge in [0.2, 0.25) is 11.8 Å². The quantitative estimate of drug-likeness (QED) is 0.780.